The highest BCUT2D eigenvalue weighted by atomic mass is 17.1. The van der Waals surface area contributed by atoms with Gasteiger partial charge in [0.15, 0.2) is 0 Å². The summed E-state index contributed by atoms with van der Waals surface area (Å²) >= 11 is 0. The van der Waals surface area contributed by atoms with Gasteiger partial charge < -0.3 is 0 Å². The average molecular weight is 156 g/mol. The lowest BCUT2D eigenvalue weighted by Crippen LogP contribution is -2.55. The van der Waals surface area contributed by atoms with E-state index in [0.717, 1.165) is 0 Å². The molecule has 11 heavy (non-hydrogen) atoms. The zero-order chi connectivity index (χ0) is 7.73. The summed E-state index contributed by atoms with van der Waals surface area (Å²) in [6.07, 6.45) is 3.08. The number of nitrogens with one attached hydrogen (secondary N) is 1. The smallest absolute Gasteiger partial charge is 0.228 e. The maximum Gasteiger partial charge on any atom is 0.228 e. The minimum absolute atomic E-state index is 0.528. The Labute approximate surface area is 63.0 Å². The standard InChI is InChI=1S/C5H8N4O2/c1-5(10-8-11-5)2-9-4-6-3-7-9/h3-4,8H,2H2,1H3. The van der Waals surface area contributed by atoms with Crippen molar-refractivity contribution in [1.82, 2.24) is 20.4 Å². The highest BCUT2D eigenvalue weighted by Gasteiger charge is 2.36. The van der Waals surface area contributed by atoms with Crippen LogP contribution in [-0.2, 0) is 16.2 Å². The van der Waals surface area contributed by atoms with E-state index in [0.29, 0.717) is 6.54 Å². The van der Waals surface area contributed by atoms with Gasteiger partial charge in [-0.2, -0.15) is 5.10 Å². The molecule has 1 aromatic rings. The van der Waals surface area contributed by atoms with Crippen LogP contribution < -0.4 is 5.64 Å². The Morgan fingerprint density at radius 1 is 1.64 bits per heavy atom. The average Bonchev–Trinajstić information content (AvgIpc) is 2.36. The van der Waals surface area contributed by atoms with E-state index in [1.54, 1.807) is 11.0 Å². The van der Waals surface area contributed by atoms with Crippen LogP contribution in [-0.4, -0.2) is 20.6 Å². The third kappa shape index (κ3) is 1.23. The predicted molar refractivity (Wildman–Crippen MR) is 33.7 cm³/mol. The number of hydrogen-bond donors (Lipinski definition) is 1. The first-order chi connectivity index (χ1) is 5.29. The van der Waals surface area contributed by atoms with Crippen molar-refractivity contribution in [2.24, 2.45) is 0 Å². The molecule has 2 rings (SSSR count). The molecule has 0 bridgehead atoms. The fraction of sp³-hybridized carbons (Fsp3) is 0.600. The molecule has 6 heteroatoms. The highest BCUT2D eigenvalue weighted by Crippen LogP contribution is 2.18. The molecule has 0 unspecified atom stereocenters. The van der Waals surface area contributed by atoms with E-state index in [1.165, 1.54) is 6.33 Å². The monoisotopic (exact) mass is 156 g/mol. The normalized spacial score (nSPS) is 21.2. The number of aromatic nitrogens is 3. The Morgan fingerprint density at radius 2 is 2.45 bits per heavy atom. The quantitative estimate of drug-likeness (QED) is 0.623. The molecule has 0 aromatic carbocycles. The predicted octanol–water partition coefficient (Wildman–Crippen LogP) is -0.539. The van der Waals surface area contributed by atoms with E-state index in [-0.39, 0.29) is 0 Å². The zero-order valence-corrected chi connectivity index (χ0v) is 6.02. The minimum atomic E-state index is -0.603. The fourth-order valence-electron chi connectivity index (χ4n) is 0.857. The molecule has 60 valence electrons. The van der Waals surface area contributed by atoms with Gasteiger partial charge in [0.1, 0.15) is 19.2 Å². The summed E-state index contributed by atoms with van der Waals surface area (Å²) in [5.74, 6) is -0.603. The lowest BCUT2D eigenvalue weighted by atomic mass is 10.3. The third-order valence-corrected chi connectivity index (χ3v) is 1.43. The van der Waals surface area contributed by atoms with Crippen LogP contribution in [0.25, 0.3) is 0 Å². The molecule has 0 amide bonds. The van der Waals surface area contributed by atoms with Crippen molar-refractivity contribution >= 4 is 0 Å². The van der Waals surface area contributed by atoms with Gasteiger partial charge in [-0.25, -0.2) is 19.3 Å². The highest BCUT2D eigenvalue weighted by molar-refractivity contribution is 4.67. The molecule has 1 saturated heterocycles. The van der Waals surface area contributed by atoms with Gasteiger partial charge in [-0.3, -0.25) is 0 Å². The Kier molecular flexibility index (Phi) is 1.38. The van der Waals surface area contributed by atoms with Crippen molar-refractivity contribution in [1.29, 1.82) is 0 Å². The van der Waals surface area contributed by atoms with E-state index >= 15 is 0 Å². The summed E-state index contributed by atoms with van der Waals surface area (Å²) in [7, 11) is 0. The van der Waals surface area contributed by atoms with Crippen LogP contribution in [0, 0.1) is 0 Å². The fourth-order valence-corrected chi connectivity index (χ4v) is 0.857. The number of nitrogens with zero attached hydrogens (tertiary/aromatic N) is 3. The summed E-state index contributed by atoms with van der Waals surface area (Å²) in [6, 6.07) is 0. The molecule has 0 spiro atoms. The molecule has 1 N–H and O–H groups in total. The third-order valence-electron chi connectivity index (χ3n) is 1.43. The molecule has 1 fully saturated rings. The van der Waals surface area contributed by atoms with Gasteiger partial charge in [0.2, 0.25) is 5.79 Å². The Balaban J connectivity index is 2.00. The Morgan fingerprint density at radius 3 is 2.91 bits per heavy atom. The topological polar surface area (TPSA) is 61.2 Å². The molecule has 0 aliphatic carbocycles. The van der Waals surface area contributed by atoms with Crippen LogP contribution in [0.1, 0.15) is 6.92 Å². The summed E-state index contributed by atoms with van der Waals surface area (Å²) in [5, 5.41) is 3.90. The molecule has 1 aliphatic heterocycles. The van der Waals surface area contributed by atoms with Crippen LogP contribution >= 0.6 is 0 Å². The number of rotatable bonds is 2. The molecule has 2 heterocycles. The van der Waals surface area contributed by atoms with Gasteiger partial charge in [0.05, 0.1) is 0 Å². The first kappa shape index (κ1) is 6.71. The van der Waals surface area contributed by atoms with E-state index in [4.69, 9.17) is 9.68 Å². The van der Waals surface area contributed by atoms with Crippen molar-refractivity contribution in [2.75, 3.05) is 0 Å². The minimum Gasteiger partial charge on any atom is -0.247 e. The van der Waals surface area contributed by atoms with Crippen molar-refractivity contribution in [2.45, 2.75) is 19.3 Å². The van der Waals surface area contributed by atoms with Crippen molar-refractivity contribution in [3.8, 4) is 0 Å². The molecule has 6 nitrogen and oxygen atoms in total. The SMILES string of the molecule is CC1(Cn2cncn2)ONO1. The zero-order valence-electron chi connectivity index (χ0n) is 6.02. The van der Waals surface area contributed by atoms with E-state index < -0.39 is 5.79 Å². The maximum absolute atomic E-state index is 4.93. The molecular formula is C5H8N4O2. The summed E-state index contributed by atoms with van der Waals surface area (Å²) in [4.78, 5) is 13.6. The second-order valence-electron chi connectivity index (χ2n) is 2.51. The van der Waals surface area contributed by atoms with E-state index in [1.807, 2.05) is 6.92 Å². The van der Waals surface area contributed by atoms with Crippen LogP contribution in [0.3, 0.4) is 0 Å². The Bertz CT molecular complexity index is 231. The van der Waals surface area contributed by atoms with Crippen molar-refractivity contribution in [3.05, 3.63) is 12.7 Å². The number of hydrogen-bond acceptors (Lipinski definition) is 5. The van der Waals surface area contributed by atoms with Crippen molar-refractivity contribution < 1.29 is 9.68 Å². The molecule has 1 aromatic heterocycles. The van der Waals surface area contributed by atoms with Crippen LogP contribution in [0.15, 0.2) is 12.7 Å². The summed E-state index contributed by atoms with van der Waals surface area (Å²) < 4.78 is 1.64. The second kappa shape index (κ2) is 2.26. The molecule has 0 atom stereocenters. The van der Waals surface area contributed by atoms with Gasteiger partial charge in [0, 0.05) is 0 Å². The largest absolute Gasteiger partial charge is 0.247 e. The molecule has 0 saturated carbocycles. The van der Waals surface area contributed by atoms with E-state index in [9.17, 15) is 0 Å². The molecule has 1 aliphatic rings. The molecule has 0 radical (unpaired) electrons. The lowest BCUT2D eigenvalue weighted by Gasteiger charge is -2.36. The van der Waals surface area contributed by atoms with Crippen LogP contribution in [0.5, 0.6) is 0 Å². The second-order valence-corrected chi connectivity index (χ2v) is 2.51. The Hall–Kier alpha value is -0.980. The lowest BCUT2D eigenvalue weighted by molar-refractivity contribution is -0.476. The van der Waals surface area contributed by atoms with Gasteiger partial charge in [-0.1, -0.05) is 5.64 Å². The summed E-state index contributed by atoms with van der Waals surface area (Å²) in [5.41, 5.74) is 2.25. The molecular weight excluding hydrogens is 148 g/mol. The van der Waals surface area contributed by atoms with Crippen LogP contribution in [0.2, 0.25) is 0 Å². The van der Waals surface area contributed by atoms with Gasteiger partial charge >= 0.3 is 0 Å². The van der Waals surface area contributed by atoms with Gasteiger partial charge in [-0.05, 0) is 6.92 Å². The van der Waals surface area contributed by atoms with Gasteiger partial charge in [-0.15, -0.1) is 0 Å². The van der Waals surface area contributed by atoms with E-state index in [2.05, 4.69) is 15.7 Å². The van der Waals surface area contributed by atoms with Crippen LogP contribution in [0.4, 0.5) is 0 Å². The summed E-state index contributed by atoms with van der Waals surface area (Å²) in [6.45, 7) is 2.34. The first-order valence-corrected chi connectivity index (χ1v) is 3.22. The van der Waals surface area contributed by atoms with Crippen molar-refractivity contribution in [3.63, 3.8) is 0 Å². The maximum atomic E-state index is 4.93. The first-order valence-electron chi connectivity index (χ1n) is 3.22. The van der Waals surface area contributed by atoms with Gasteiger partial charge in [0.25, 0.3) is 0 Å².